The van der Waals surface area contributed by atoms with Crippen LogP contribution in [0.25, 0.3) is 0 Å². The number of methoxy groups -OCH3 is 1. The molecule has 2 atom stereocenters. The summed E-state index contributed by atoms with van der Waals surface area (Å²) in [5.41, 5.74) is 2.40. The number of likely N-dealkylation sites (tertiary alicyclic amines) is 1. The summed E-state index contributed by atoms with van der Waals surface area (Å²) in [4.78, 5) is 16.2. The molecule has 2 aliphatic heterocycles. The molecule has 6 heteroatoms. The lowest BCUT2D eigenvalue weighted by atomic mass is 9.87. The molecule has 1 aliphatic carbocycles. The third-order valence-electron chi connectivity index (χ3n) is 7.75. The minimum absolute atomic E-state index is 0.0722. The van der Waals surface area contributed by atoms with Gasteiger partial charge in [-0.2, -0.15) is 5.10 Å². The summed E-state index contributed by atoms with van der Waals surface area (Å²) in [5.74, 6) is 0.922. The SMILES string of the molecule is CCC1(CC)CC(OC)CN1C(=O)c1c(C)nn2c1N[C@@H](C1=CCC=CC=C1)CC2(C)C. The molecular formula is C26H38N4O2. The van der Waals surface area contributed by atoms with Crippen molar-refractivity contribution in [1.82, 2.24) is 14.7 Å². The van der Waals surface area contributed by atoms with Crippen molar-refractivity contribution in [3.05, 3.63) is 47.2 Å². The minimum atomic E-state index is -0.199. The number of aryl methyl sites for hydroxylation is 1. The summed E-state index contributed by atoms with van der Waals surface area (Å²) in [6, 6.07) is 0.142. The van der Waals surface area contributed by atoms with Gasteiger partial charge >= 0.3 is 0 Å². The van der Waals surface area contributed by atoms with Crippen LogP contribution < -0.4 is 5.32 Å². The van der Waals surface area contributed by atoms with Gasteiger partial charge in [-0.1, -0.05) is 44.2 Å². The molecule has 1 fully saturated rings. The highest BCUT2D eigenvalue weighted by Crippen LogP contribution is 2.42. The van der Waals surface area contributed by atoms with E-state index >= 15 is 0 Å². The number of aromatic nitrogens is 2. The van der Waals surface area contributed by atoms with Crippen LogP contribution >= 0.6 is 0 Å². The number of fused-ring (bicyclic) bond motifs is 1. The van der Waals surface area contributed by atoms with E-state index in [4.69, 9.17) is 9.84 Å². The third-order valence-corrected chi connectivity index (χ3v) is 7.75. The minimum Gasteiger partial charge on any atom is -0.380 e. The molecule has 1 unspecified atom stereocenters. The highest BCUT2D eigenvalue weighted by molar-refractivity contribution is 6.01. The van der Waals surface area contributed by atoms with Crippen molar-refractivity contribution in [2.45, 2.75) is 89.9 Å². The fourth-order valence-corrected chi connectivity index (χ4v) is 5.72. The van der Waals surface area contributed by atoms with Crippen LogP contribution in [0, 0.1) is 6.92 Å². The molecule has 3 heterocycles. The van der Waals surface area contributed by atoms with Gasteiger partial charge in [0.25, 0.3) is 5.91 Å². The fourth-order valence-electron chi connectivity index (χ4n) is 5.72. The van der Waals surface area contributed by atoms with Gasteiger partial charge in [-0.3, -0.25) is 4.79 Å². The van der Waals surface area contributed by atoms with E-state index < -0.39 is 0 Å². The molecule has 0 radical (unpaired) electrons. The Morgan fingerprint density at radius 3 is 2.69 bits per heavy atom. The monoisotopic (exact) mass is 438 g/mol. The largest absolute Gasteiger partial charge is 0.380 e. The number of hydrogen-bond acceptors (Lipinski definition) is 4. The van der Waals surface area contributed by atoms with Crippen molar-refractivity contribution in [2.75, 3.05) is 19.0 Å². The number of carbonyl (C=O) groups is 1. The second-order valence-corrected chi connectivity index (χ2v) is 10.1. The van der Waals surface area contributed by atoms with Crippen LogP contribution in [-0.4, -0.2) is 51.9 Å². The van der Waals surface area contributed by atoms with Crippen molar-refractivity contribution < 1.29 is 9.53 Å². The number of hydrogen-bond donors (Lipinski definition) is 1. The zero-order chi connectivity index (χ0) is 23.1. The summed E-state index contributed by atoms with van der Waals surface area (Å²) < 4.78 is 7.74. The molecule has 1 N–H and O–H groups in total. The third kappa shape index (κ3) is 3.72. The Balaban J connectivity index is 1.74. The molecule has 1 amide bonds. The van der Waals surface area contributed by atoms with E-state index in [1.165, 1.54) is 5.57 Å². The van der Waals surface area contributed by atoms with Crippen molar-refractivity contribution in [3.63, 3.8) is 0 Å². The molecule has 0 spiro atoms. The Labute approximate surface area is 192 Å². The first-order valence-corrected chi connectivity index (χ1v) is 12.0. The molecule has 32 heavy (non-hydrogen) atoms. The molecule has 1 aromatic heterocycles. The first-order chi connectivity index (χ1) is 15.3. The van der Waals surface area contributed by atoms with Gasteiger partial charge in [0.1, 0.15) is 11.4 Å². The smallest absolute Gasteiger partial charge is 0.260 e. The van der Waals surface area contributed by atoms with E-state index in [1.807, 2.05) is 11.6 Å². The zero-order valence-corrected chi connectivity index (χ0v) is 20.4. The highest BCUT2D eigenvalue weighted by atomic mass is 16.5. The topological polar surface area (TPSA) is 59.4 Å². The van der Waals surface area contributed by atoms with Crippen LogP contribution in [-0.2, 0) is 10.3 Å². The number of nitrogens with one attached hydrogen (secondary N) is 1. The molecule has 0 bridgehead atoms. The Morgan fingerprint density at radius 2 is 2.00 bits per heavy atom. The van der Waals surface area contributed by atoms with Gasteiger partial charge < -0.3 is 15.0 Å². The molecule has 0 saturated carbocycles. The second-order valence-electron chi connectivity index (χ2n) is 10.1. The van der Waals surface area contributed by atoms with E-state index in [1.54, 1.807) is 7.11 Å². The number of anilines is 1. The molecule has 174 valence electrons. The fraction of sp³-hybridized carbons (Fsp3) is 0.615. The van der Waals surface area contributed by atoms with Crippen LogP contribution in [0.15, 0.2) is 36.0 Å². The highest BCUT2D eigenvalue weighted by Gasteiger charge is 2.48. The van der Waals surface area contributed by atoms with Gasteiger partial charge in [0, 0.05) is 19.2 Å². The second kappa shape index (κ2) is 8.54. The number of nitrogens with zero attached hydrogens (tertiary/aromatic N) is 3. The molecule has 1 saturated heterocycles. The van der Waals surface area contributed by atoms with Crippen molar-refractivity contribution >= 4 is 11.7 Å². The lowest BCUT2D eigenvalue weighted by molar-refractivity contribution is 0.0563. The van der Waals surface area contributed by atoms with Gasteiger partial charge in [0.05, 0.1) is 23.4 Å². The van der Waals surface area contributed by atoms with Crippen LogP contribution in [0.1, 0.15) is 75.9 Å². The Hall–Kier alpha value is -2.34. The summed E-state index contributed by atoms with van der Waals surface area (Å²) in [6.45, 7) is 11.4. The molecule has 6 nitrogen and oxygen atoms in total. The van der Waals surface area contributed by atoms with E-state index in [-0.39, 0.29) is 29.1 Å². The summed E-state index contributed by atoms with van der Waals surface area (Å²) in [5, 5.41) is 8.57. The van der Waals surface area contributed by atoms with E-state index in [2.05, 4.69) is 68.3 Å². The van der Waals surface area contributed by atoms with Gasteiger partial charge in [0.15, 0.2) is 0 Å². The van der Waals surface area contributed by atoms with Crippen LogP contribution in [0.5, 0.6) is 0 Å². The standard InChI is InChI=1S/C26H38N4O2/c1-7-26(8-2)15-20(32-6)17-29(26)24(31)22-18(3)28-30-23(22)27-21(16-25(30,4)5)19-13-11-9-10-12-14-19/h9-11,13-14,20-21,27H,7-8,12,15-17H2,1-6H3/t20?,21-/m1/s1. The van der Waals surface area contributed by atoms with Crippen molar-refractivity contribution in [1.29, 1.82) is 0 Å². The lowest BCUT2D eigenvalue weighted by Gasteiger charge is -2.40. The molecule has 0 aromatic carbocycles. The first kappa shape index (κ1) is 22.8. The van der Waals surface area contributed by atoms with Crippen LogP contribution in [0.2, 0.25) is 0 Å². The van der Waals surface area contributed by atoms with Gasteiger partial charge in [0.2, 0.25) is 0 Å². The van der Waals surface area contributed by atoms with Gasteiger partial charge in [-0.15, -0.1) is 0 Å². The summed E-state index contributed by atoms with van der Waals surface area (Å²) in [7, 11) is 1.75. The number of allylic oxidation sites excluding steroid dienone is 4. The summed E-state index contributed by atoms with van der Waals surface area (Å²) >= 11 is 0. The van der Waals surface area contributed by atoms with Gasteiger partial charge in [-0.05, 0) is 58.4 Å². The molecule has 1 aromatic rings. The predicted octanol–water partition coefficient (Wildman–Crippen LogP) is 4.97. The maximum Gasteiger partial charge on any atom is 0.260 e. The van der Waals surface area contributed by atoms with Crippen molar-refractivity contribution in [3.8, 4) is 0 Å². The number of amides is 1. The number of ether oxygens (including phenoxy) is 1. The average Bonchev–Trinajstić information content (AvgIpc) is 3.19. The molecular weight excluding hydrogens is 400 g/mol. The molecule has 4 rings (SSSR count). The van der Waals surface area contributed by atoms with Gasteiger partial charge in [-0.25, -0.2) is 4.68 Å². The van der Waals surface area contributed by atoms with Crippen molar-refractivity contribution in [2.24, 2.45) is 0 Å². The quantitative estimate of drug-likeness (QED) is 0.705. The predicted molar refractivity (Wildman–Crippen MR) is 129 cm³/mol. The van der Waals surface area contributed by atoms with E-state index in [0.717, 1.165) is 43.6 Å². The Kier molecular flexibility index (Phi) is 6.10. The maximum absolute atomic E-state index is 14.1. The van der Waals surface area contributed by atoms with E-state index in [9.17, 15) is 4.79 Å². The average molecular weight is 439 g/mol. The first-order valence-electron chi connectivity index (χ1n) is 12.0. The number of rotatable bonds is 5. The molecule has 3 aliphatic rings. The van der Waals surface area contributed by atoms with E-state index in [0.29, 0.717) is 12.1 Å². The van der Waals surface area contributed by atoms with Crippen LogP contribution in [0.3, 0.4) is 0 Å². The lowest BCUT2D eigenvalue weighted by Crippen LogP contribution is -2.47. The Bertz CT molecular complexity index is 965. The summed E-state index contributed by atoms with van der Waals surface area (Å²) in [6.07, 6.45) is 15.5. The number of carbonyl (C=O) groups excluding carboxylic acids is 1. The Morgan fingerprint density at radius 1 is 1.25 bits per heavy atom. The van der Waals surface area contributed by atoms with Crippen LogP contribution in [0.4, 0.5) is 5.82 Å². The normalized spacial score (nSPS) is 25.8. The maximum atomic E-state index is 14.1. The zero-order valence-electron chi connectivity index (χ0n) is 20.4.